The van der Waals surface area contributed by atoms with Gasteiger partial charge in [0, 0.05) is 0 Å². The lowest BCUT2D eigenvalue weighted by atomic mass is 9.65. The molecule has 0 atom stereocenters. The van der Waals surface area contributed by atoms with E-state index in [1.165, 1.54) is 83.5 Å². The molecule has 0 saturated heterocycles. The summed E-state index contributed by atoms with van der Waals surface area (Å²) in [6.45, 7) is 7.28. The van der Waals surface area contributed by atoms with Crippen LogP contribution in [-0.2, 0) is 0 Å². The smallest absolute Gasteiger partial charge is 0.0357 e. The second-order valence-electron chi connectivity index (χ2n) is 10.3. The van der Waals surface area contributed by atoms with Gasteiger partial charge in [-0.25, -0.2) is 0 Å². The molecule has 0 radical (unpaired) electrons. The van der Waals surface area contributed by atoms with Gasteiger partial charge in [0.25, 0.3) is 0 Å². The van der Waals surface area contributed by atoms with Crippen LogP contribution in [0.2, 0.25) is 0 Å². The average Bonchev–Trinajstić information content (AvgIpc) is 2.65. The van der Waals surface area contributed by atoms with E-state index in [-0.39, 0.29) is 0 Å². The molecule has 0 N–H and O–H groups in total. The van der Waals surface area contributed by atoms with E-state index in [1.807, 2.05) is 0 Å². The van der Waals surface area contributed by atoms with E-state index < -0.39 is 0 Å². The Morgan fingerprint density at radius 2 is 0.923 bits per heavy atom. The summed E-state index contributed by atoms with van der Waals surface area (Å²) in [5.41, 5.74) is 0. The van der Waals surface area contributed by atoms with E-state index in [9.17, 15) is 0 Å². The summed E-state index contributed by atoms with van der Waals surface area (Å²) in [5.74, 6) is 5.26. The molecule has 2 fully saturated rings. The molecule has 0 bridgehead atoms. The standard InChI is InChI=1S/C26H50/c1-4-5-6-7-8-9-10-11-12-13-26(24-18-14-22(2)15-19-24)25-20-16-23(3)17-21-25/h22-26H,4-21H2,1-3H3. The number of hydrogen-bond acceptors (Lipinski definition) is 0. The van der Waals surface area contributed by atoms with Crippen molar-refractivity contribution in [3.63, 3.8) is 0 Å². The molecule has 0 aromatic carbocycles. The van der Waals surface area contributed by atoms with Crippen LogP contribution in [-0.4, -0.2) is 0 Å². The highest BCUT2D eigenvalue weighted by Gasteiger charge is 2.33. The molecule has 154 valence electrons. The Morgan fingerprint density at radius 3 is 1.35 bits per heavy atom. The maximum Gasteiger partial charge on any atom is -0.0357 e. The first-order chi connectivity index (χ1) is 12.7. The Bertz CT molecular complexity index is 295. The van der Waals surface area contributed by atoms with Crippen molar-refractivity contribution in [3.05, 3.63) is 0 Å². The Labute approximate surface area is 166 Å². The van der Waals surface area contributed by atoms with E-state index in [4.69, 9.17) is 0 Å². The fraction of sp³-hybridized carbons (Fsp3) is 1.00. The molecule has 0 heteroatoms. The fourth-order valence-corrected chi connectivity index (χ4v) is 5.98. The van der Waals surface area contributed by atoms with Crippen molar-refractivity contribution >= 4 is 0 Å². The molecule has 0 spiro atoms. The molecule has 2 saturated carbocycles. The topological polar surface area (TPSA) is 0 Å². The van der Waals surface area contributed by atoms with E-state index in [2.05, 4.69) is 20.8 Å². The highest BCUT2D eigenvalue weighted by Crippen LogP contribution is 2.44. The lowest BCUT2D eigenvalue weighted by Crippen LogP contribution is -2.29. The Morgan fingerprint density at radius 1 is 0.538 bits per heavy atom. The Kier molecular flexibility index (Phi) is 11.3. The summed E-state index contributed by atoms with van der Waals surface area (Å²) < 4.78 is 0. The molecule has 2 aliphatic carbocycles. The van der Waals surface area contributed by atoms with Gasteiger partial charge >= 0.3 is 0 Å². The van der Waals surface area contributed by atoms with Crippen molar-refractivity contribution in [3.8, 4) is 0 Å². The summed E-state index contributed by atoms with van der Waals surface area (Å²) in [7, 11) is 0. The van der Waals surface area contributed by atoms with Crippen molar-refractivity contribution < 1.29 is 0 Å². The molecule has 0 amide bonds. The van der Waals surface area contributed by atoms with Crippen LogP contribution in [0.15, 0.2) is 0 Å². The third-order valence-corrected chi connectivity index (χ3v) is 7.97. The first-order valence-corrected chi connectivity index (χ1v) is 12.7. The zero-order chi connectivity index (χ0) is 18.6. The van der Waals surface area contributed by atoms with Gasteiger partial charge in [-0.15, -0.1) is 0 Å². The predicted octanol–water partition coefficient (Wildman–Crippen LogP) is 9.18. The maximum atomic E-state index is 2.48. The molecule has 0 aromatic heterocycles. The van der Waals surface area contributed by atoms with Crippen LogP contribution in [0.1, 0.15) is 136 Å². The van der Waals surface area contributed by atoms with E-state index in [0.29, 0.717) is 0 Å². The third-order valence-electron chi connectivity index (χ3n) is 7.97. The van der Waals surface area contributed by atoms with Crippen LogP contribution in [0.3, 0.4) is 0 Å². The van der Waals surface area contributed by atoms with Crippen LogP contribution < -0.4 is 0 Å². The number of rotatable bonds is 12. The van der Waals surface area contributed by atoms with Crippen LogP contribution in [0.4, 0.5) is 0 Å². The van der Waals surface area contributed by atoms with Gasteiger partial charge in [0.05, 0.1) is 0 Å². The first kappa shape index (κ1) is 22.3. The molecule has 26 heavy (non-hydrogen) atoms. The van der Waals surface area contributed by atoms with Crippen molar-refractivity contribution in [1.29, 1.82) is 0 Å². The molecule has 0 aromatic rings. The second-order valence-corrected chi connectivity index (χ2v) is 10.3. The van der Waals surface area contributed by atoms with E-state index in [0.717, 1.165) is 29.6 Å². The zero-order valence-corrected chi connectivity index (χ0v) is 18.6. The van der Waals surface area contributed by atoms with Gasteiger partial charge in [0.2, 0.25) is 0 Å². The zero-order valence-electron chi connectivity index (χ0n) is 18.6. The van der Waals surface area contributed by atoms with Crippen LogP contribution in [0.5, 0.6) is 0 Å². The van der Waals surface area contributed by atoms with Gasteiger partial charge in [0.1, 0.15) is 0 Å². The van der Waals surface area contributed by atoms with Crippen LogP contribution in [0.25, 0.3) is 0 Å². The van der Waals surface area contributed by atoms with Crippen LogP contribution >= 0.6 is 0 Å². The van der Waals surface area contributed by atoms with Crippen molar-refractivity contribution in [2.45, 2.75) is 136 Å². The summed E-state index contributed by atoms with van der Waals surface area (Å²) in [5, 5.41) is 0. The third kappa shape index (κ3) is 8.35. The monoisotopic (exact) mass is 362 g/mol. The highest BCUT2D eigenvalue weighted by atomic mass is 14.4. The molecular weight excluding hydrogens is 312 g/mol. The summed E-state index contributed by atoms with van der Waals surface area (Å²) in [6.07, 6.45) is 27.1. The molecule has 0 unspecified atom stereocenters. The Balaban J connectivity index is 1.67. The normalized spacial score (nSPS) is 31.0. The summed E-state index contributed by atoms with van der Waals surface area (Å²) in [4.78, 5) is 0. The lowest BCUT2D eigenvalue weighted by molar-refractivity contribution is 0.108. The van der Waals surface area contributed by atoms with Gasteiger partial charge < -0.3 is 0 Å². The van der Waals surface area contributed by atoms with Crippen molar-refractivity contribution in [2.24, 2.45) is 29.6 Å². The van der Waals surface area contributed by atoms with Crippen molar-refractivity contribution in [1.82, 2.24) is 0 Å². The van der Waals surface area contributed by atoms with Crippen molar-refractivity contribution in [2.75, 3.05) is 0 Å². The average molecular weight is 363 g/mol. The summed E-state index contributed by atoms with van der Waals surface area (Å²) in [6, 6.07) is 0. The number of hydrogen-bond donors (Lipinski definition) is 0. The molecule has 2 aliphatic rings. The minimum absolute atomic E-state index is 1.01. The predicted molar refractivity (Wildman–Crippen MR) is 118 cm³/mol. The van der Waals surface area contributed by atoms with Gasteiger partial charge in [-0.05, 0) is 61.7 Å². The molecule has 0 aliphatic heterocycles. The van der Waals surface area contributed by atoms with Gasteiger partial charge in [-0.3, -0.25) is 0 Å². The molecular formula is C26H50. The van der Waals surface area contributed by atoms with Gasteiger partial charge in [-0.1, -0.05) is 104 Å². The second kappa shape index (κ2) is 13.2. The number of unbranched alkanes of at least 4 members (excludes halogenated alkanes) is 8. The molecule has 0 nitrogen and oxygen atoms in total. The summed E-state index contributed by atoms with van der Waals surface area (Å²) >= 11 is 0. The van der Waals surface area contributed by atoms with E-state index >= 15 is 0 Å². The molecule has 0 heterocycles. The maximum absolute atomic E-state index is 2.48. The van der Waals surface area contributed by atoms with E-state index in [1.54, 1.807) is 32.1 Å². The van der Waals surface area contributed by atoms with Gasteiger partial charge in [-0.2, -0.15) is 0 Å². The highest BCUT2D eigenvalue weighted by molar-refractivity contribution is 4.84. The minimum Gasteiger partial charge on any atom is -0.0654 e. The SMILES string of the molecule is CCCCCCCCCCCC(C1CCC(C)CC1)C1CCC(C)CC1. The van der Waals surface area contributed by atoms with Gasteiger partial charge in [0.15, 0.2) is 0 Å². The quantitative estimate of drug-likeness (QED) is 0.303. The van der Waals surface area contributed by atoms with Crippen LogP contribution in [0, 0.1) is 29.6 Å². The minimum atomic E-state index is 1.01. The fourth-order valence-electron chi connectivity index (χ4n) is 5.98. The lowest BCUT2D eigenvalue weighted by Gasteiger charge is -2.40. The molecule has 2 rings (SSSR count). The first-order valence-electron chi connectivity index (χ1n) is 12.7. The Hall–Kier alpha value is 0. The largest absolute Gasteiger partial charge is 0.0654 e.